The van der Waals surface area contributed by atoms with Crippen molar-refractivity contribution in [3.8, 4) is 0 Å². The van der Waals surface area contributed by atoms with Gasteiger partial charge < -0.3 is 30.7 Å². The molecule has 11 nitrogen and oxygen atoms in total. The molecule has 50 heavy (non-hydrogen) atoms. The van der Waals surface area contributed by atoms with Crippen molar-refractivity contribution in [2.24, 2.45) is 11.8 Å². The number of likely N-dealkylation sites (tertiary alicyclic amines) is 1. The van der Waals surface area contributed by atoms with Gasteiger partial charge in [0, 0.05) is 31.5 Å². The van der Waals surface area contributed by atoms with E-state index < -0.39 is 72.5 Å². The number of halogens is 3. The highest BCUT2D eigenvalue weighted by molar-refractivity contribution is 5.94. The number of carboxylic acid groups (broad SMARTS) is 1. The van der Waals surface area contributed by atoms with E-state index in [1.54, 1.807) is 13.8 Å². The van der Waals surface area contributed by atoms with E-state index in [-0.39, 0.29) is 49.9 Å². The molecule has 0 aromatic heterocycles. The first-order valence-electron chi connectivity index (χ1n) is 16.5. The summed E-state index contributed by atoms with van der Waals surface area (Å²) in [7, 11) is 0. The highest BCUT2D eigenvalue weighted by Crippen LogP contribution is 2.33. The van der Waals surface area contributed by atoms with Crippen LogP contribution in [0.5, 0.6) is 0 Å². The zero-order valence-electron chi connectivity index (χ0n) is 28.5. The Morgan fingerprint density at radius 3 is 2.34 bits per heavy atom. The van der Waals surface area contributed by atoms with Crippen LogP contribution in [0.2, 0.25) is 0 Å². The van der Waals surface area contributed by atoms with Gasteiger partial charge in [-0.25, -0.2) is 22.8 Å². The number of alkyl halides is 2. The van der Waals surface area contributed by atoms with E-state index in [4.69, 9.17) is 9.84 Å². The van der Waals surface area contributed by atoms with E-state index in [0.717, 1.165) is 17.7 Å². The number of carboxylic acids is 1. The Kier molecular flexibility index (Phi) is 14.8. The minimum atomic E-state index is -2.97. The van der Waals surface area contributed by atoms with E-state index in [1.807, 2.05) is 44.2 Å². The molecule has 2 aromatic carbocycles. The summed E-state index contributed by atoms with van der Waals surface area (Å²) in [4.78, 5) is 65.5. The topological polar surface area (TPSA) is 154 Å². The minimum Gasteiger partial charge on any atom is -0.478 e. The van der Waals surface area contributed by atoms with E-state index in [0.29, 0.717) is 5.56 Å². The van der Waals surface area contributed by atoms with Crippen molar-refractivity contribution in [3.63, 3.8) is 0 Å². The van der Waals surface area contributed by atoms with Gasteiger partial charge in [0.2, 0.25) is 24.1 Å². The van der Waals surface area contributed by atoms with Crippen molar-refractivity contribution in [1.29, 1.82) is 0 Å². The quantitative estimate of drug-likeness (QED) is 0.188. The van der Waals surface area contributed by atoms with Crippen molar-refractivity contribution in [2.45, 2.75) is 77.4 Å². The Balaban J connectivity index is 1.78. The van der Waals surface area contributed by atoms with Gasteiger partial charge in [-0.2, -0.15) is 0 Å². The number of hydrogen-bond acceptors (Lipinski definition) is 6. The van der Waals surface area contributed by atoms with Crippen molar-refractivity contribution in [3.05, 3.63) is 77.1 Å². The fraction of sp³-hybridized carbons (Fsp3) is 0.472. The van der Waals surface area contributed by atoms with Crippen LogP contribution in [0.3, 0.4) is 0 Å². The molecular weight excluding hydrogens is 657 g/mol. The van der Waals surface area contributed by atoms with Gasteiger partial charge in [-0.15, -0.1) is 0 Å². The molecule has 3 rings (SSSR count). The molecule has 1 heterocycles. The monoisotopic (exact) mass is 702 g/mol. The Labute approximate surface area is 289 Å². The molecule has 1 fully saturated rings. The van der Waals surface area contributed by atoms with Crippen LogP contribution in [0.1, 0.15) is 63.1 Å². The van der Waals surface area contributed by atoms with Gasteiger partial charge in [0.05, 0.1) is 6.61 Å². The maximum absolute atomic E-state index is 14.4. The van der Waals surface area contributed by atoms with Crippen LogP contribution in [0.4, 0.5) is 18.0 Å². The highest BCUT2D eigenvalue weighted by atomic mass is 19.3. The first-order chi connectivity index (χ1) is 23.7. The van der Waals surface area contributed by atoms with Crippen LogP contribution >= 0.6 is 0 Å². The molecule has 14 heteroatoms. The third kappa shape index (κ3) is 11.9. The molecule has 4 N–H and O–H groups in total. The number of benzene rings is 2. The standard InChI is InChI=1S/C36H45F3N4O7/c1-21(2)20-50-36(49)42-32(22(3)4)35(48)43-19-26(24-8-6-5-7-9-24)17-29(43)34(47)41-28(18-30(38)39)33(46)40-15-14-25-16-23(10-12-27(25)37)11-13-31(44)45/h5-13,16,21-22,26,28-30,32H,14-15,17-20H2,1-4H3,(H,40,46)(H,41,47)(H,42,49)(H,44,45)/b13-11+/t26-,28+,29+,32+/m1/s1. The molecule has 272 valence electrons. The van der Waals surface area contributed by atoms with Gasteiger partial charge >= 0.3 is 12.1 Å². The molecule has 0 spiro atoms. The lowest BCUT2D eigenvalue weighted by Gasteiger charge is -2.31. The van der Waals surface area contributed by atoms with Gasteiger partial charge in [-0.05, 0) is 59.6 Å². The first-order valence-corrected chi connectivity index (χ1v) is 16.5. The number of ether oxygens (including phenoxy) is 1. The lowest BCUT2D eigenvalue weighted by atomic mass is 9.96. The van der Waals surface area contributed by atoms with Crippen LogP contribution in [0.25, 0.3) is 6.08 Å². The zero-order valence-corrected chi connectivity index (χ0v) is 28.5. The molecule has 1 aliphatic rings. The zero-order chi connectivity index (χ0) is 37.0. The summed E-state index contributed by atoms with van der Waals surface area (Å²) in [6.45, 7) is 7.24. The van der Waals surface area contributed by atoms with Gasteiger partial charge in [0.15, 0.2) is 0 Å². The maximum atomic E-state index is 14.4. The molecule has 0 unspecified atom stereocenters. The number of rotatable bonds is 16. The first kappa shape index (κ1) is 39.6. The number of carbonyl (C=O) groups is 5. The van der Waals surface area contributed by atoms with Crippen LogP contribution < -0.4 is 16.0 Å². The molecule has 2 aromatic rings. The Morgan fingerprint density at radius 1 is 1.02 bits per heavy atom. The number of nitrogens with one attached hydrogen (secondary N) is 3. The van der Waals surface area contributed by atoms with Gasteiger partial charge in [0.25, 0.3) is 0 Å². The predicted molar refractivity (Wildman–Crippen MR) is 180 cm³/mol. The molecule has 4 amide bonds. The summed E-state index contributed by atoms with van der Waals surface area (Å²) < 4.78 is 46.9. The second-order valence-corrected chi connectivity index (χ2v) is 13.0. The summed E-state index contributed by atoms with van der Waals surface area (Å²) >= 11 is 0. The summed E-state index contributed by atoms with van der Waals surface area (Å²) in [6, 6.07) is 9.20. The van der Waals surface area contributed by atoms with Gasteiger partial charge in [-0.1, -0.05) is 64.1 Å². The van der Waals surface area contributed by atoms with E-state index in [2.05, 4.69) is 16.0 Å². The minimum absolute atomic E-state index is 0.0471. The van der Waals surface area contributed by atoms with E-state index in [1.165, 1.54) is 23.1 Å². The number of alkyl carbamates (subject to hydrolysis) is 1. The third-order valence-corrected chi connectivity index (χ3v) is 8.14. The lowest BCUT2D eigenvalue weighted by molar-refractivity contribution is -0.141. The van der Waals surface area contributed by atoms with E-state index >= 15 is 0 Å². The summed E-state index contributed by atoms with van der Waals surface area (Å²) in [5.74, 6) is -4.72. The second-order valence-electron chi connectivity index (χ2n) is 13.0. The second kappa shape index (κ2) is 18.8. The SMILES string of the molecule is CC(C)COC(=O)N[C@H](C(=O)N1C[C@H](c2ccccc2)C[C@H]1C(=O)N[C@@H](CC(F)F)C(=O)NCCc1cc(/C=C/C(=O)O)ccc1F)C(C)C. The summed E-state index contributed by atoms with van der Waals surface area (Å²) in [6.07, 6.45) is -2.52. The fourth-order valence-electron chi connectivity index (χ4n) is 5.58. The molecule has 0 saturated carbocycles. The molecule has 0 bridgehead atoms. The average molecular weight is 703 g/mol. The number of carbonyl (C=O) groups excluding carboxylic acids is 4. The van der Waals surface area contributed by atoms with Crippen LogP contribution in [-0.4, -0.2) is 84.0 Å². The fourth-order valence-corrected chi connectivity index (χ4v) is 5.58. The number of aliphatic carboxylic acids is 1. The van der Waals surface area contributed by atoms with Crippen molar-refractivity contribution < 1.29 is 47.0 Å². The molecular formula is C36H45F3N4O7. The van der Waals surface area contributed by atoms with Crippen LogP contribution in [0, 0.1) is 17.7 Å². The summed E-state index contributed by atoms with van der Waals surface area (Å²) in [5.41, 5.74) is 1.41. The van der Waals surface area contributed by atoms with Gasteiger partial charge in [0.1, 0.15) is 23.9 Å². The van der Waals surface area contributed by atoms with Crippen LogP contribution in [-0.2, 0) is 30.3 Å². The highest BCUT2D eigenvalue weighted by Gasteiger charge is 2.44. The molecule has 1 saturated heterocycles. The van der Waals surface area contributed by atoms with Gasteiger partial charge in [-0.3, -0.25) is 14.4 Å². The Hall–Kier alpha value is -4.88. The van der Waals surface area contributed by atoms with Crippen molar-refractivity contribution in [2.75, 3.05) is 19.7 Å². The lowest BCUT2D eigenvalue weighted by Crippen LogP contribution is -2.57. The van der Waals surface area contributed by atoms with Crippen LogP contribution in [0.15, 0.2) is 54.6 Å². The number of amides is 4. The third-order valence-electron chi connectivity index (χ3n) is 8.14. The Morgan fingerprint density at radius 2 is 1.72 bits per heavy atom. The summed E-state index contributed by atoms with van der Waals surface area (Å²) in [5, 5.41) is 16.3. The molecule has 0 radical (unpaired) electrons. The maximum Gasteiger partial charge on any atom is 0.407 e. The van der Waals surface area contributed by atoms with E-state index in [9.17, 15) is 37.1 Å². The number of nitrogens with zero attached hydrogens (tertiary/aromatic N) is 1. The molecule has 4 atom stereocenters. The predicted octanol–water partition coefficient (Wildman–Crippen LogP) is 4.51. The van der Waals surface area contributed by atoms with Crippen molar-refractivity contribution in [1.82, 2.24) is 20.9 Å². The molecule has 1 aliphatic heterocycles. The number of hydrogen-bond donors (Lipinski definition) is 4. The normalized spacial score (nSPS) is 17.2. The largest absolute Gasteiger partial charge is 0.478 e. The van der Waals surface area contributed by atoms with Crippen molar-refractivity contribution >= 4 is 35.9 Å². The Bertz CT molecular complexity index is 1520. The molecule has 0 aliphatic carbocycles. The average Bonchev–Trinajstić information content (AvgIpc) is 3.52. The smallest absolute Gasteiger partial charge is 0.407 e.